The first-order chi connectivity index (χ1) is 13.4. The van der Waals surface area contributed by atoms with Gasteiger partial charge in [-0.05, 0) is 41.2 Å². The van der Waals surface area contributed by atoms with Crippen LogP contribution in [0.2, 0.25) is 0 Å². The summed E-state index contributed by atoms with van der Waals surface area (Å²) in [7, 11) is -0.371. The van der Waals surface area contributed by atoms with E-state index < -0.39 is 10.2 Å². The molecule has 0 aromatic heterocycles. The molecule has 0 radical (unpaired) electrons. The van der Waals surface area contributed by atoms with E-state index in [0.717, 1.165) is 11.1 Å². The van der Waals surface area contributed by atoms with Crippen molar-refractivity contribution in [2.45, 2.75) is 31.8 Å². The van der Waals surface area contributed by atoms with Gasteiger partial charge in [-0.1, -0.05) is 37.3 Å². The summed E-state index contributed by atoms with van der Waals surface area (Å²) in [4.78, 5) is 0. The number of nitrogens with zero attached hydrogens (tertiary/aromatic N) is 1. The van der Waals surface area contributed by atoms with Crippen molar-refractivity contribution in [1.82, 2.24) is 9.03 Å². The molecule has 1 saturated carbocycles. The predicted molar refractivity (Wildman–Crippen MR) is 108 cm³/mol. The summed E-state index contributed by atoms with van der Waals surface area (Å²) < 4.78 is 41.2. The Kier molecular flexibility index (Phi) is 5.07. The Labute approximate surface area is 166 Å². The number of nitrogens with one attached hydrogen (secondary N) is 1. The van der Waals surface area contributed by atoms with Crippen LogP contribution in [0.1, 0.15) is 29.5 Å². The van der Waals surface area contributed by atoms with Crippen molar-refractivity contribution in [1.29, 1.82) is 0 Å². The third-order valence-electron chi connectivity index (χ3n) is 5.87. The van der Waals surface area contributed by atoms with Crippen LogP contribution in [0.25, 0.3) is 0 Å². The normalized spacial score (nSPS) is 24.5. The van der Waals surface area contributed by atoms with Crippen molar-refractivity contribution in [3.8, 4) is 11.5 Å². The van der Waals surface area contributed by atoms with E-state index in [9.17, 15) is 8.42 Å². The maximum Gasteiger partial charge on any atom is 0.280 e. The smallest absolute Gasteiger partial charge is 0.280 e. The SMILES string of the molecule is COc1cc2c(cc1OC)CN(S(=O)(=O)N[C@H]1[C@H](C)[C@@H]1c1ccccc1)CC2. The minimum atomic E-state index is -3.56. The second kappa shape index (κ2) is 7.39. The molecule has 7 heteroatoms. The average molecular weight is 403 g/mol. The average Bonchev–Trinajstić information content (AvgIpc) is 3.34. The van der Waals surface area contributed by atoms with Crippen LogP contribution in [-0.2, 0) is 23.2 Å². The molecule has 2 aromatic rings. The van der Waals surface area contributed by atoms with Crippen LogP contribution < -0.4 is 14.2 Å². The van der Waals surface area contributed by atoms with Gasteiger partial charge >= 0.3 is 0 Å². The van der Waals surface area contributed by atoms with Gasteiger partial charge in [0.05, 0.1) is 14.2 Å². The Morgan fingerprint density at radius 1 is 1.04 bits per heavy atom. The topological polar surface area (TPSA) is 67.9 Å². The highest BCUT2D eigenvalue weighted by Gasteiger charge is 2.50. The number of fused-ring (bicyclic) bond motifs is 1. The zero-order valence-electron chi connectivity index (χ0n) is 16.4. The van der Waals surface area contributed by atoms with Gasteiger partial charge < -0.3 is 9.47 Å². The molecule has 28 heavy (non-hydrogen) atoms. The summed E-state index contributed by atoms with van der Waals surface area (Å²) in [5.41, 5.74) is 3.24. The molecule has 0 amide bonds. The van der Waals surface area contributed by atoms with E-state index in [2.05, 4.69) is 23.8 Å². The summed E-state index contributed by atoms with van der Waals surface area (Å²) in [6, 6.07) is 13.9. The molecule has 1 aliphatic heterocycles. The van der Waals surface area contributed by atoms with Gasteiger partial charge in [-0.3, -0.25) is 0 Å². The monoisotopic (exact) mass is 402 g/mol. The molecular formula is C21H26N2O4S. The molecular weight excluding hydrogens is 376 g/mol. The molecule has 0 saturated heterocycles. The molecule has 4 rings (SSSR count). The van der Waals surface area contributed by atoms with Crippen LogP contribution in [0.5, 0.6) is 11.5 Å². The van der Waals surface area contributed by atoms with E-state index >= 15 is 0 Å². The third kappa shape index (κ3) is 3.50. The Hall–Kier alpha value is -2.09. The quantitative estimate of drug-likeness (QED) is 0.807. The second-order valence-electron chi connectivity index (χ2n) is 7.50. The van der Waals surface area contributed by atoms with Crippen molar-refractivity contribution >= 4 is 10.2 Å². The van der Waals surface area contributed by atoms with Crippen LogP contribution in [0.3, 0.4) is 0 Å². The second-order valence-corrected chi connectivity index (χ2v) is 9.21. The fraction of sp³-hybridized carbons (Fsp3) is 0.429. The largest absolute Gasteiger partial charge is 0.493 e. The number of hydrogen-bond donors (Lipinski definition) is 1. The van der Waals surface area contributed by atoms with Gasteiger partial charge in [0.25, 0.3) is 10.2 Å². The van der Waals surface area contributed by atoms with Gasteiger partial charge in [0.15, 0.2) is 11.5 Å². The van der Waals surface area contributed by atoms with E-state index in [0.29, 0.717) is 36.9 Å². The van der Waals surface area contributed by atoms with Crippen molar-refractivity contribution in [2.24, 2.45) is 5.92 Å². The van der Waals surface area contributed by atoms with Crippen LogP contribution in [0.4, 0.5) is 0 Å². The molecule has 1 N–H and O–H groups in total. The fourth-order valence-electron chi connectivity index (χ4n) is 4.14. The summed E-state index contributed by atoms with van der Waals surface area (Å²) in [6.45, 7) is 2.88. The first kappa shape index (κ1) is 19.2. The summed E-state index contributed by atoms with van der Waals surface area (Å²) in [6.07, 6.45) is 0.652. The minimum Gasteiger partial charge on any atom is -0.493 e. The highest BCUT2D eigenvalue weighted by molar-refractivity contribution is 7.87. The van der Waals surface area contributed by atoms with E-state index in [4.69, 9.17) is 9.47 Å². The van der Waals surface area contributed by atoms with Crippen LogP contribution in [-0.4, -0.2) is 39.5 Å². The van der Waals surface area contributed by atoms with Gasteiger partial charge in [0.2, 0.25) is 0 Å². The van der Waals surface area contributed by atoms with E-state index in [1.807, 2.05) is 30.3 Å². The molecule has 0 unspecified atom stereocenters. The molecule has 2 aromatic carbocycles. The summed E-state index contributed by atoms with van der Waals surface area (Å²) in [5, 5.41) is 0. The number of hydrogen-bond acceptors (Lipinski definition) is 4. The van der Waals surface area contributed by atoms with Gasteiger partial charge in [-0.15, -0.1) is 0 Å². The van der Waals surface area contributed by atoms with Crippen LogP contribution in [0.15, 0.2) is 42.5 Å². The zero-order chi connectivity index (χ0) is 19.9. The lowest BCUT2D eigenvalue weighted by atomic mass is 10.0. The molecule has 1 heterocycles. The van der Waals surface area contributed by atoms with E-state index in [1.54, 1.807) is 14.2 Å². The highest BCUT2D eigenvalue weighted by Crippen LogP contribution is 2.47. The lowest BCUT2D eigenvalue weighted by Gasteiger charge is -2.29. The van der Waals surface area contributed by atoms with E-state index in [-0.39, 0.29) is 12.0 Å². The third-order valence-corrected chi connectivity index (χ3v) is 7.43. The number of methoxy groups -OCH3 is 2. The maximum atomic E-state index is 13.0. The van der Waals surface area contributed by atoms with Crippen molar-refractivity contribution in [3.63, 3.8) is 0 Å². The predicted octanol–water partition coefficient (Wildman–Crippen LogP) is 2.70. The molecule has 6 nitrogen and oxygen atoms in total. The van der Waals surface area contributed by atoms with Crippen molar-refractivity contribution in [3.05, 3.63) is 59.2 Å². The van der Waals surface area contributed by atoms with E-state index in [1.165, 1.54) is 9.87 Å². The summed E-state index contributed by atoms with van der Waals surface area (Å²) >= 11 is 0. The van der Waals surface area contributed by atoms with Gasteiger partial charge in [0.1, 0.15) is 0 Å². The van der Waals surface area contributed by atoms with Gasteiger partial charge in [0, 0.05) is 25.0 Å². The fourth-order valence-corrected chi connectivity index (χ4v) is 5.63. The molecule has 0 spiro atoms. The number of ether oxygens (including phenoxy) is 2. The molecule has 0 bridgehead atoms. The molecule has 2 aliphatic rings. The first-order valence-electron chi connectivity index (χ1n) is 9.50. The Morgan fingerprint density at radius 3 is 2.32 bits per heavy atom. The Morgan fingerprint density at radius 2 is 1.68 bits per heavy atom. The van der Waals surface area contributed by atoms with Crippen LogP contribution >= 0.6 is 0 Å². The molecule has 150 valence electrons. The lowest BCUT2D eigenvalue weighted by Crippen LogP contribution is -2.44. The van der Waals surface area contributed by atoms with Gasteiger partial charge in [-0.2, -0.15) is 17.4 Å². The first-order valence-corrected chi connectivity index (χ1v) is 10.9. The lowest BCUT2D eigenvalue weighted by molar-refractivity contribution is 0.347. The molecule has 1 aliphatic carbocycles. The summed E-state index contributed by atoms with van der Waals surface area (Å²) in [5.74, 6) is 1.82. The standard InChI is InChI=1S/C21H26N2O4S/c1-14-20(15-7-5-4-6-8-15)21(14)22-28(24,25)23-10-9-16-11-18(26-2)19(27-3)12-17(16)13-23/h4-8,11-12,14,20-22H,9-10,13H2,1-3H3/t14-,20-,21+/m1/s1. The highest BCUT2D eigenvalue weighted by atomic mass is 32.2. The number of benzene rings is 2. The molecule has 3 atom stereocenters. The van der Waals surface area contributed by atoms with Crippen molar-refractivity contribution in [2.75, 3.05) is 20.8 Å². The number of rotatable bonds is 6. The minimum absolute atomic E-state index is 0.0563. The maximum absolute atomic E-state index is 13.0. The van der Waals surface area contributed by atoms with Crippen LogP contribution in [0, 0.1) is 5.92 Å². The molecule has 1 fully saturated rings. The van der Waals surface area contributed by atoms with Gasteiger partial charge in [-0.25, -0.2) is 0 Å². The zero-order valence-corrected chi connectivity index (χ0v) is 17.2. The Bertz CT molecular complexity index is 962. The Balaban J connectivity index is 1.49. The van der Waals surface area contributed by atoms with Crippen molar-refractivity contribution < 1.29 is 17.9 Å².